The molecule has 0 bridgehead atoms. The summed E-state index contributed by atoms with van der Waals surface area (Å²) in [5.41, 5.74) is 2.77. The predicted molar refractivity (Wildman–Crippen MR) is 151 cm³/mol. The van der Waals surface area contributed by atoms with Gasteiger partial charge in [0.15, 0.2) is 0 Å². The lowest BCUT2D eigenvalue weighted by molar-refractivity contribution is -0.134. The fourth-order valence-corrected chi connectivity index (χ4v) is 4.04. The first kappa shape index (κ1) is 27.7. The first-order valence-corrected chi connectivity index (χ1v) is 13.0. The third kappa shape index (κ3) is 9.87. The SMILES string of the molecule is [3H]CC1(CO)CCN(C(=O)CCCCCNC(=O)c2ccc(N=Nc3ccc(N(C)C)cc3)cc2)CC1.[3H]OC. The van der Waals surface area contributed by atoms with Crippen molar-refractivity contribution >= 4 is 28.9 Å². The van der Waals surface area contributed by atoms with E-state index in [4.69, 9.17) is 2.80 Å². The molecule has 9 nitrogen and oxygen atoms in total. The van der Waals surface area contributed by atoms with Crippen LogP contribution in [0.1, 0.15) is 57.2 Å². The summed E-state index contributed by atoms with van der Waals surface area (Å²) in [4.78, 5) is 28.7. The minimum Gasteiger partial charge on any atom is -0.400 e. The number of rotatable bonds is 11. The maximum absolute atomic E-state index is 12.4. The van der Waals surface area contributed by atoms with E-state index < -0.39 is 0 Å². The van der Waals surface area contributed by atoms with Gasteiger partial charge in [-0.2, -0.15) is 10.2 Å². The molecular formula is C29H43N5O4. The van der Waals surface area contributed by atoms with Crippen molar-refractivity contribution in [1.82, 2.24) is 10.2 Å². The third-order valence-electron chi connectivity index (χ3n) is 6.64. The van der Waals surface area contributed by atoms with Crippen molar-refractivity contribution in [3.8, 4) is 0 Å². The molecule has 0 radical (unpaired) electrons. The molecule has 208 valence electrons. The van der Waals surface area contributed by atoms with Crippen LogP contribution >= 0.6 is 0 Å². The van der Waals surface area contributed by atoms with E-state index in [1.165, 1.54) is 7.11 Å². The average Bonchev–Trinajstić information content (AvgIpc) is 2.98. The maximum Gasteiger partial charge on any atom is 0.251 e. The highest BCUT2D eigenvalue weighted by Gasteiger charge is 2.30. The molecule has 3 rings (SSSR count). The van der Waals surface area contributed by atoms with E-state index in [0.717, 1.165) is 30.6 Å². The summed E-state index contributed by atoms with van der Waals surface area (Å²) in [6, 6.07) is 14.8. The van der Waals surface area contributed by atoms with Crippen molar-refractivity contribution in [3.05, 3.63) is 54.1 Å². The Hall–Kier alpha value is -3.30. The normalized spacial score (nSPS) is 15.2. The van der Waals surface area contributed by atoms with E-state index in [9.17, 15) is 14.7 Å². The van der Waals surface area contributed by atoms with Crippen molar-refractivity contribution in [1.29, 1.82) is 1.43 Å². The minimum absolute atomic E-state index is 0.0198. The highest BCUT2D eigenvalue weighted by Crippen LogP contribution is 2.30. The number of amides is 2. The number of nitrogens with zero attached hydrogens (tertiary/aromatic N) is 4. The topological polar surface area (TPSA) is 118 Å². The molecule has 0 saturated carbocycles. The molecule has 1 aliphatic rings. The molecule has 1 heterocycles. The van der Waals surface area contributed by atoms with Crippen LogP contribution in [0.4, 0.5) is 17.1 Å². The molecular weight excluding hydrogens is 482 g/mol. The molecule has 0 aromatic heterocycles. The number of nitrogens with one attached hydrogen (secondary N) is 1. The Kier molecular flexibility index (Phi) is 11.6. The summed E-state index contributed by atoms with van der Waals surface area (Å²) >= 11 is 0. The Morgan fingerprint density at radius 2 is 1.61 bits per heavy atom. The van der Waals surface area contributed by atoms with Crippen LogP contribution in [0.3, 0.4) is 0 Å². The number of carbonyl (C=O) groups is 2. The molecule has 2 amide bonds. The largest absolute Gasteiger partial charge is 0.400 e. The minimum atomic E-state index is -0.335. The number of aliphatic hydroxyl groups excluding tert-OH is 2. The summed E-state index contributed by atoms with van der Waals surface area (Å²) in [6.45, 7) is 2.03. The lowest BCUT2D eigenvalue weighted by Crippen LogP contribution is -2.43. The summed E-state index contributed by atoms with van der Waals surface area (Å²) in [5.74, 6) is 0.0114. The molecule has 3 N–H and O–H groups in total. The number of anilines is 1. The van der Waals surface area contributed by atoms with Gasteiger partial charge in [0.1, 0.15) is 0 Å². The van der Waals surface area contributed by atoms with Crippen molar-refractivity contribution in [2.75, 3.05) is 52.3 Å². The molecule has 0 aliphatic carbocycles. The number of unbranched alkanes of at least 4 members (excludes halogenated alkanes) is 2. The molecule has 0 atom stereocenters. The van der Waals surface area contributed by atoms with Crippen LogP contribution < -0.4 is 10.2 Å². The van der Waals surface area contributed by atoms with E-state index in [2.05, 4.69) is 20.7 Å². The average molecular weight is 530 g/mol. The van der Waals surface area contributed by atoms with E-state index >= 15 is 0 Å². The molecule has 1 saturated heterocycles. The number of aliphatic hydroxyl groups is 2. The standard InChI is InChI=1S/C28H39N5O3.CH4O/c1-28(21-34)16-19-33(20-17-28)26(35)7-5-4-6-18-29-27(36)22-8-10-23(11-9-22)30-31-24-12-14-25(15-13-24)32(2)3;1-2/h8-15,34H,4-7,16-21H2,1-3H3,(H,29,36);2H,1H3/i1T;2T. The van der Waals surface area contributed by atoms with Gasteiger partial charge in [-0.1, -0.05) is 13.3 Å². The summed E-state index contributed by atoms with van der Waals surface area (Å²) < 4.78 is 13.4. The van der Waals surface area contributed by atoms with E-state index in [0.29, 0.717) is 50.1 Å². The van der Waals surface area contributed by atoms with Crippen LogP contribution in [0.25, 0.3) is 0 Å². The number of carbonyl (C=O) groups excluding carboxylic acids is 2. The zero-order valence-electron chi connectivity index (χ0n) is 24.9. The smallest absolute Gasteiger partial charge is 0.251 e. The van der Waals surface area contributed by atoms with Gasteiger partial charge in [-0.05, 0) is 79.6 Å². The van der Waals surface area contributed by atoms with Crippen molar-refractivity contribution in [2.45, 2.75) is 45.4 Å². The zero-order chi connectivity index (χ0) is 29.4. The Balaban J connectivity index is 0.00000178. The van der Waals surface area contributed by atoms with E-state index in [1.54, 1.807) is 24.3 Å². The molecule has 1 fully saturated rings. The first-order chi connectivity index (χ1) is 19.3. The molecule has 2 aromatic carbocycles. The van der Waals surface area contributed by atoms with Crippen molar-refractivity contribution < 1.29 is 21.2 Å². The molecule has 2 aromatic rings. The fraction of sp³-hybridized carbons (Fsp3) is 0.517. The Morgan fingerprint density at radius 1 is 1.03 bits per heavy atom. The van der Waals surface area contributed by atoms with Crippen LogP contribution in [0, 0.1) is 5.41 Å². The number of azo groups is 1. The van der Waals surface area contributed by atoms with Gasteiger partial charge in [-0.15, -0.1) is 0 Å². The Labute approximate surface area is 229 Å². The highest BCUT2D eigenvalue weighted by atomic mass is 16.3. The Morgan fingerprint density at radius 3 is 2.13 bits per heavy atom. The number of hydrogen-bond donors (Lipinski definition) is 3. The molecule has 0 spiro atoms. The quantitative estimate of drug-likeness (QED) is 0.288. The number of piperidine rings is 1. The van der Waals surface area contributed by atoms with Gasteiger partial charge in [0.05, 0.1) is 11.4 Å². The molecule has 38 heavy (non-hydrogen) atoms. The lowest BCUT2D eigenvalue weighted by atomic mass is 9.81. The maximum atomic E-state index is 12.4. The second kappa shape index (κ2) is 15.8. The third-order valence-corrected chi connectivity index (χ3v) is 6.64. The van der Waals surface area contributed by atoms with Gasteiger partial charge in [0, 0.05) is 66.5 Å². The first-order valence-electron chi connectivity index (χ1n) is 14.1. The van der Waals surface area contributed by atoms with Gasteiger partial charge in [-0.3, -0.25) is 9.59 Å². The van der Waals surface area contributed by atoms with Crippen molar-refractivity contribution in [2.24, 2.45) is 15.6 Å². The monoisotopic (exact) mass is 529 g/mol. The van der Waals surface area contributed by atoms with E-state index in [1.807, 2.05) is 48.2 Å². The second-order valence-electron chi connectivity index (χ2n) is 9.76. The fourth-order valence-electron chi connectivity index (χ4n) is 4.04. The summed E-state index contributed by atoms with van der Waals surface area (Å²) in [6.07, 6.45) is 4.34. The summed E-state index contributed by atoms with van der Waals surface area (Å²) in [5, 5.41) is 24.5. The van der Waals surface area contributed by atoms with Crippen LogP contribution in [0.2, 0.25) is 0 Å². The van der Waals surface area contributed by atoms with Crippen LogP contribution in [0.5, 0.6) is 0 Å². The number of likely N-dealkylation sites (tertiary alicyclic amines) is 1. The number of hydrogen-bond acceptors (Lipinski definition) is 7. The van der Waals surface area contributed by atoms with Gasteiger partial charge < -0.3 is 25.3 Å². The molecule has 1 aliphatic heterocycles. The zero-order valence-corrected chi connectivity index (χ0v) is 22.9. The van der Waals surface area contributed by atoms with Gasteiger partial charge >= 0.3 is 0 Å². The van der Waals surface area contributed by atoms with Gasteiger partial charge in [-0.25, -0.2) is 0 Å². The molecule has 9 heteroatoms. The van der Waals surface area contributed by atoms with Crippen LogP contribution in [-0.2, 0) is 4.79 Å². The van der Waals surface area contributed by atoms with E-state index in [-0.39, 0.29) is 30.7 Å². The summed E-state index contributed by atoms with van der Waals surface area (Å²) in [7, 11) is 5.26. The van der Waals surface area contributed by atoms with Crippen LogP contribution in [-0.4, -0.2) is 75.8 Å². The van der Waals surface area contributed by atoms with Gasteiger partial charge in [0.2, 0.25) is 7.34 Å². The molecule has 0 unspecified atom stereocenters. The lowest BCUT2D eigenvalue weighted by Gasteiger charge is -2.38. The number of benzene rings is 2. The predicted octanol–water partition coefficient (Wildman–Crippen LogP) is 4.69. The van der Waals surface area contributed by atoms with Crippen LogP contribution in [0.15, 0.2) is 58.8 Å². The highest BCUT2D eigenvalue weighted by molar-refractivity contribution is 5.94. The van der Waals surface area contributed by atoms with Gasteiger partial charge in [0.25, 0.3) is 5.91 Å². The van der Waals surface area contributed by atoms with Crippen molar-refractivity contribution in [3.63, 3.8) is 0 Å². The Bertz CT molecular complexity index is 1050. The second-order valence-corrected chi connectivity index (χ2v) is 9.76.